The van der Waals surface area contributed by atoms with Gasteiger partial charge in [0.2, 0.25) is 0 Å². The monoisotopic (exact) mass is 405 g/mol. The molecule has 0 saturated heterocycles. The normalized spacial score (nSPS) is 11.7. The molecule has 1 heterocycles. The summed E-state index contributed by atoms with van der Waals surface area (Å²) in [5, 5.41) is 4.37. The molecule has 0 saturated carbocycles. The van der Waals surface area contributed by atoms with E-state index < -0.39 is 9.84 Å². The van der Waals surface area contributed by atoms with Crippen LogP contribution in [-0.2, 0) is 16.4 Å². The highest BCUT2D eigenvalue weighted by molar-refractivity contribution is 14.1. The van der Waals surface area contributed by atoms with Crippen LogP contribution in [-0.4, -0.2) is 34.7 Å². The molecule has 0 amide bonds. The van der Waals surface area contributed by atoms with Gasteiger partial charge in [0.15, 0.2) is 5.82 Å². The zero-order valence-electron chi connectivity index (χ0n) is 11.2. The zero-order valence-corrected chi connectivity index (χ0v) is 14.1. The van der Waals surface area contributed by atoms with Crippen molar-refractivity contribution in [3.05, 3.63) is 34.2 Å². The third-order valence-electron chi connectivity index (χ3n) is 2.90. The molecule has 0 aliphatic heterocycles. The number of halogens is 1. The molecule has 20 heavy (non-hydrogen) atoms. The second kappa shape index (κ2) is 6.66. The maximum atomic E-state index is 11.4. The first-order valence-corrected chi connectivity index (χ1v) is 9.26. The molecular formula is C13H16IN3O2S. The Labute approximate surface area is 132 Å². The molecule has 0 N–H and O–H groups in total. The average molecular weight is 405 g/mol. The minimum Gasteiger partial charge on any atom is -0.252 e. The largest absolute Gasteiger partial charge is 0.252 e. The van der Waals surface area contributed by atoms with Crippen LogP contribution >= 0.6 is 22.6 Å². The van der Waals surface area contributed by atoms with Crippen LogP contribution in [0.5, 0.6) is 0 Å². The Bertz CT molecular complexity index is 682. The van der Waals surface area contributed by atoms with E-state index in [-0.39, 0.29) is 11.5 Å². The lowest BCUT2D eigenvalue weighted by Crippen LogP contribution is -2.11. The van der Waals surface area contributed by atoms with Gasteiger partial charge >= 0.3 is 0 Å². The molecule has 5 nitrogen and oxygen atoms in total. The Kier molecular flexibility index (Phi) is 5.14. The SMILES string of the molecule is CCS(=O)(=O)CCCn1cnc(-c2cccc(I)c2)n1. The number of hydrogen-bond donors (Lipinski definition) is 0. The number of rotatable bonds is 6. The van der Waals surface area contributed by atoms with Gasteiger partial charge in [-0.05, 0) is 41.1 Å². The number of nitrogens with zero attached hydrogens (tertiary/aromatic N) is 3. The van der Waals surface area contributed by atoms with E-state index in [1.54, 1.807) is 17.9 Å². The van der Waals surface area contributed by atoms with Crippen LogP contribution in [0.2, 0.25) is 0 Å². The van der Waals surface area contributed by atoms with Crippen LogP contribution in [0.4, 0.5) is 0 Å². The van der Waals surface area contributed by atoms with Crippen molar-refractivity contribution >= 4 is 32.4 Å². The van der Waals surface area contributed by atoms with Gasteiger partial charge in [-0.3, -0.25) is 4.68 Å². The summed E-state index contributed by atoms with van der Waals surface area (Å²) in [7, 11) is -2.90. The van der Waals surface area contributed by atoms with Gasteiger partial charge in [0.25, 0.3) is 0 Å². The molecule has 0 spiro atoms. The van der Waals surface area contributed by atoms with E-state index in [0.717, 1.165) is 9.13 Å². The average Bonchev–Trinajstić information content (AvgIpc) is 2.87. The highest BCUT2D eigenvalue weighted by Gasteiger charge is 2.08. The number of aromatic nitrogens is 3. The van der Waals surface area contributed by atoms with E-state index in [2.05, 4.69) is 32.7 Å². The molecular weight excluding hydrogens is 389 g/mol. The van der Waals surface area contributed by atoms with Crippen molar-refractivity contribution in [2.75, 3.05) is 11.5 Å². The van der Waals surface area contributed by atoms with Gasteiger partial charge in [-0.2, -0.15) is 5.10 Å². The summed E-state index contributed by atoms with van der Waals surface area (Å²) in [6.07, 6.45) is 2.21. The molecule has 0 aliphatic rings. The van der Waals surface area contributed by atoms with Crippen molar-refractivity contribution in [2.24, 2.45) is 0 Å². The molecule has 2 aromatic rings. The summed E-state index contributed by atoms with van der Waals surface area (Å²) in [4.78, 5) is 4.26. The summed E-state index contributed by atoms with van der Waals surface area (Å²) in [5.41, 5.74) is 0.969. The maximum absolute atomic E-state index is 11.4. The predicted octanol–water partition coefficient (Wildman–Crippen LogP) is 2.37. The molecule has 0 bridgehead atoms. The highest BCUT2D eigenvalue weighted by atomic mass is 127. The van der Waals surface area contributed by atoms with Crippen molar-refractivity contribution in [3.8, 4) is 11.4 Å². The Morgan fingerprint density at radius 1 is 1.35 bits per heavy atom. The van der Waals surface area contributed by atoms with E-state index in [9.17, 15) is 8.42 Å². The number of sulfone groups is 1. The van der Waals surface area contributed by atoms with E-state index in [1.165, 1.54) is 0 Å². The fourth-order valence-electron chi connectivity index (χ4n) is 1.75. The second-order valence-electron chi connectivity index (χ2n) is 4.43. The van der Waals surface area contributed by atoms with Crippen molar-refractivity contribution in [3.63, 3.8) is 0 Å². The van der Waals surface area contributed by atoms with Crippen LogP contribution in [0.15, 0.2) is 30.6 Å². The number of hydrogen-bond acceptors (Lipinski definition) is 4. The molecule has 0 fully saturated rings. The Balaban J connectivity index is 1.99. The lowest BCUT2D eigenvalue weighted by molar-refractivity contribution is 0.573. The molecule has 1 aromatic heterocycles. The van der Waals surface area contributed by atoms with Gasteiger partial charge in [-0.1, -0.05) is 19.1 Å². The quantitative estimate of drug-likeness (QED) is 0.693. The van der Waals surface area contributed by atoms with Gasteiger partial charge in [0.1, 0.15) is 16.2 Å². The first-order chi connectivity index (χ1) is 9.50. The third-order valence-corrected chi connectivity index (χ3v) is 5.36. The van der Waals surface area contributed by atoms with Gasteiger partial charge in [0, 0.05) is 21.4 Å². The van der Waals surface area contributed by atoms with Crippen LogP contribution in [0.3, 0.4) is 0 Å². The van der Waals surface area contributed by atoms with Crippen LogP contribution in [0.25, 0.3) is 11.4 Å². The smallest absolute Gasteiger partial charge is 0.181 e. The topological polar surface area (TPSA) is 64.8 Å². The van der Waals surface area contributed by atoms with Crippen molar-refractivity contribution in [1.82, 2.24) is 14.8 Å². The third kappa shape index (κ3) is 4.27. The van der Waals surface area contributed by atoms with Gasteiger partial charge in [-0.15, -0.1) is 0 Å². The zero-order chi connectivity index (χ0) is 14.6. The fourth-order valence-corrected chi connectivity index (χ4v) is 3.15. The van der Waals surface area contributed by atoms with E-state index >= 15 is 0 Å². The standard InChI is InChI=1S/C13H16IN3O2S/c1-2-20(18,19)8-4-7-17-10-15-13(16-17)11-5-3-6-12(14)9-11/h3,5-6,9-10H,2,4,7-8H2,1H3. The predicted molar refractivity (Wildman–Crippen MR) is 87.1 cm³/mol. The second-order valence-corrected chi connectivity index (χ2v) is 8.15. The van der Waals surface area contributed by atoms with E-state index in [4.69, 9.17) is 0 Å². The molecule has 1 aromatic carbocycles. The van der Waals surface area contributed by atoms with Crippen LogP contribution < -0.4 is 0 Å². The maximum Gasteiger partial charge on any atom is 0.181 e. The summed E-state index contributed by atoms with van der Waals surface area (Å²) in [6.45, 7) is 2.23. The molecule has 0 aliphatic carbocycles. The minimum absolute atomic E-state index is 0.193. The number of benzene rings is 1. The first-order valence-electron chi connectivity index (χ1n) is 6.36. The Morgan fingerprint density at radius 2 is 2.15 bits per heavy atom. The lowest BCUT2D eigenvalue weighted by atomic mass is 10.2. The van der Waals surface area contributed by atoms with Gasteiger partial charge < -0.3 is 0 Å². The molecule has 108 valence electrons. The number of aryl methyl sites for hydroxylation is 1. The molecule has 7 heteroatoms. The Morgan fingerprint density at radius 3 is 2.85 bits per heavy atom. The van der Waals surface area contributed by atoms with Crippen molar-refractivity contribution in [1.29, 1.82) is 0 Å². The summed E-state index contributed by atoms with van der Waals surface area (Å²) in [6, 6.07) is 7.95. The highest BCUT2D eigenvalue weighted by Crippen LogP contribution is 2.17. The molecule has 2 rings (SSSR count). The summed E-state index contributed by atoms with van der Waals surface area (Å²) < 4.78 is 25.6. The van der Waals surface area contributed by atoms with Crippen LogP contribution in [0, 0.1) is 3.57 Å². The van der Waals surface area contributed by atoms with Crippen molar-refractivity contribution < 1.29 is 8.42 Å². The molecule has 0 unspecified atom stereocenters. The molecule has 0 atom stereocenters. The van der Waals surface area contributed by atoms with E-state index in [1.807, 2.05) is 24.3 Å². The first kappa shape index (κ1) is 15.4. The van der Waals surface area contributed by atoms with Crippen molar-refractivity contribution in [2.45, 2.75) is 19.9 Å². The lowest BCUT2D eigenvalue weighted by Gasteiger charge is -2.01. The van der Waals surface area contributed by atoms with Crippen LogP contribution in [0.1, 0.15) is 13.3 Å². The summed E-state index contributed by atoms with van der Waals surface area (Å²) >= 11 is 2.25. The van der Waals surface area contributed by atoms with E-state index in [0.29, 0.717) is 18.8 Å². The fraction of sp³-hybridized carbons (Fsp3) is 0.385. The summed E-state index contributed by atoms with van der Waals surface area (Å²) in [5.74, 6) is 1.06. The van der Waals surface area contributed by atoms with Gasteiger partial charge in [0.05, 0.1) is 5.75 Å². The molecule has 0 radical (unpaired) electrons. The van der Waals surface area contributed by atoms with Gasteiger partial charge in [-0.25, -0.2) is 13.4 Å². The minimum atomic E-state index is -2.90. The Hall–Kier alpha value is -0.960.